The molecule has 2 aromatic rings. The third-order valence-corrected chi connectivity index (χ3v) is 7.61. The van der Waals surface area contributed by atoms with E-state index in [2.05, 4.69) is 54.3 Å². The molecule has 0 radical (unpaired) electrons. The van der Waals surface area contributed by atoms with Crippen molar-refractivity contribution < 1.29 is 14.3 Å². The summed E-state index contributed by atoms with van der Waals surface area (Å²) in [4.78, 5) is 15.6. The van der Waals surface area contributed by atoms with Crippen molar-refractivity contribution in [3.63, 3.8) is 0 Å². The standard InChI is InChI=1S/C28H40N2O3/c1-5-14-30-18-20-17-26-24(23-12-9-13-25(30)27(20)23)16-21(19-29(26)7-3)28(31)33-15-10-11-22(6-2)32-8-4/h5,9,12-13,18,21-22,24,26H,1,6-8,10-11,14-17,19H2,2-4H3/t21-,22?,24-,26-/m1/s1. The van der Waals surface area contributed by atoms with Crippen LogP contribution in [0.4, 0.5) is 0 Å². The molecule has 4 rings (SSSR count). The zero-order chi connectivity index (χ0) is 23.4. The summed E-state index contributed by atoms with van der Waals surface area (Å²) in [6, 6.07) is 7.11. The van der Waals surface area contributed by atoms with Crippen LogP contribution in [0.25, 0.3) is 10.9 Å². The highest BCUT2D eigenvalue weighted by Crippen LogP contribution is 2.45. The highest BCUT2D eigenvalue weighted by Gasteiger charge is 2.42. The lowest BCUT2D eigenvalue weighted by Crippen LogP contribution is -2.51. The maximum absolute atomic E-state index is 13.1. The first kappa shape index (κ1) is 24.0. The summed E-state index contributed by atoms with van der Waals surface area (Å²) in [6.45, 7) is 14.1. The van der Waals surface area contributed by atoms with Gasteiger partial charge in [-0.15, -0.1) is 6.58 Å². The van der Waals surface area contributed by atoms with Gasteiger partial charge in [0.15, 0.2) is 0 Å². The number of esters is 1. The number of allylic oxidation sites excluding steroid dienone is 1. The predicted molar refractivity (Wildman–Crippen MR) is 134 cm³/mol. The van der Waals surface area contributed by atoms with Gasteiger partial charge >= 0.3 is 5.97 Å². The lowest BCUT2D eigenvalue weighted by molar-refractivity contribution is -0.151. The molecule has 2 aliphatic rings. The Morgan fingerprint density at radius 1 is 1.30 bits per heavy atom. The zero-order valence-corrected chi connectivity index (χ0v) is 20.6. The fourth-order valence-electron chi connectivity index (χ4n) is 6.04. The highest BCUT2D eigenvalue weighted by molar-refractivity contribution is 5.89. The summed E-state index contributed by atoms with van der Waals surface area (Å²) in [5.74, 6) is 0.278. The van der Waals surface area contributed by atoms with E-state index in [9.17, 15) is 4.79 Å². The molecule has 1 aliphatic heterocycles. The lowest BCUT2D eigenvalue weighted by Gasteiger charge is -2.46. The van der Waals surface area contributed by atoms with Gasteiger partial charge in [0, 0.05) is 48.8 Å². The van der Waals surface area contributed by atoms with Gasteiger partial charge in [-0.2, -0.15) is 0 Å². The van der Waals surface area contributed by atoms with Gasteiger partial charge in [0.1, 0.15) is 0 Å². The van der Waals surface area contributed by atoms with Crippen LogP contribution in [0.2, 0.25) is 0 Å². The van der Waals surface area contributed by atoms with Gasteiger partial charge in [-0.1, -0.05) is 32.1 Å². The van der Waals surface area contributed by atoms with Crippen LogP contribution in [0, 0.1) is 5.92 Å². The lowest BCUT2D eigenvalue weighted by atomic mass is 9.72. The zero-order valence-electron chi connectivity index (χ0n) is 20.6. The maximum Gasteiger partial charge on any atom is 0.310 e. The summed E-state index contributed by atoms with van der Waals surface area (Å²) < 4.78 is 13.8. The minimum atomic E-state index is -0.0628. The Bertz CT molecular complexity index is 965. The van der Waals surface area contributed by atoms with Crippen molar-refractivity contribution in [2.75, 3.05) is 26.3 Å². The average Bonchev–Trinajstić information content (AvgIpc) is 3.19. The van der Waals surface area contributed by atoms with Crippen molar-refractivity contribution in [2.24, 2.45) is 5.92 Å². The molecule has 4 atom stereocenters. The van der Waals surface area contributed by atoms with E-state index in [1.807, 2.05) is 13.0 Å². The van der Waals surface area contributed by atoms with Crippen molar-refractivity contribution in [1.82, 2.24) is 9.47 Å². The molecule has 2 heterocycles. The normalized spacial score (nSPS) is 23.3. The predicted octanol–water partition coefficient (Wildman–Crippen LogP) is 5.32. The number of benzene rings is 1. The first-order valence-electron chi connectivity index (χ1n) is 12.8. The van der Waals surface area contributed by atoms with E-state index in [0.717, 1.165) is 58.3 Å². The van der Waals surface area contributed by atoms with E-state index >= 15 is 0 Å². The Morgan fingerprint density at radius 2 is 2.15 bits per heavy atom. The molecule has 1 aromatic carbocycles. The number of aromatic nitrogens is 1. The SMILES string of the molecule is C=CCn1cc2c3c(cccc31)[C@H]1C[C@@H](C(=O)OCCCC(CC)OCC)CN(CC)[C@@H]1C2. The molecule has 1 saturated heterocycles. The first-order valence-corrected chi connectivity index (χ1v) is 12.8. The van der Waals surface area contributed by atoms with E-state index in [1.165, 1.54) is 22.0 Å². The van der Waals surface area contributed by atoms with Crippen LogP contribution in [-0.4, -0.2) is 53.9 Å². The number of carbonyl (C=O) groups excluding carboxylic acids is 1. The van der Waals surface area contributed by atoms with Gasteiger partial charge in [-0.3, -0.25) is 9.69 Å². The number of fused-ring (bicyclic) bond motifs is 2. The molecular weight excluding hydrogens is 412 g/mol. The summed E-state index contributed by atoms with van der Waals surface area (Å²) >= 11 is 0. The molecule has 180 valence electrons. The third-order valence-electron chi connectivity index (χ3n) is 7.61. The van der Waals surface area contributed by atoms with Crippen LogP contribution in [0.1, 0.15) is 63.5 Å². The minimum Gasteiger partial charge on any atom is -0.465 e. The molecule has 0 N–H and O–H groups in total. The molecule has 1 aromatic heterocycles. The van der Waals surface area contributed by atoms with Gasteiger partial charge in [-0.05, 0) is 62.8 Å². The van der Waals surface area contributed by atoms with E-state index in [-0.39, 0.29) is 18.0 Å². The van der Waals surface area contributed by atoms with Crippen LogP contribution in [-0.2, 0) is 27.2 Å². The number of hydrogen-bond acceptors (Lipinski definition) is 4. The highest BCUT2D eigenvalue weighted by atomic mass is 16.5. The van der Waals surface area contributed by atoms with Gasteiger partial charge < -0.3 is 14.0 Å². The first-order chi connectivity index (χ1) is 16.1. The summed E-state index contributed by atoms with van der Waals surface area (Å²) in [5.41, 5.74) is 4.12. The molecular formula is C28H40N2O3. The van der Waals surface area contributed by atoms with Crippen molar-refractivity contribution in [2.45, 2.75) is 77.5 Å². The van der Waals surface area contributed by atoms with Crippen molar-refractivity contribution in [3.8, 4) is 0 Å². The molecule has 0 bridgehead atoms. The molecule has 5 heteroatoms. The van der Waals surface area contributed by atoms with Crippen molar-refractivity contribution in [3.05, 3.63) is 48.2 Å². The maximum atomic E-state index is 13.1. The number of ether oxygens (including phenoxy) is 2. The summed E-state index contributed by atoms with van der Waals surface area (Å²) in [5, 5.41) is 1.40. The molecule has 1 fully saturated rings. The van der Waals surface area contributed by atoms with E-state index in [1.54, 1.807) is 0 Å². The molecule has 0 spiro atoms. The number of piperidine rings is 1. The van der Waals surface area contributed by atoms with Gasteiger partial charge in [-0.25, -0.2) is 0 Å². The molecule has 0 saturated carbocycles. The van der Waals surface area contributed by atoms with E-state index in [4.69, 9.17) is 9.47 Å². The monoisotopic (exact) mass is 452 g/mol. The van der Waals surface area contributed by atoms with E-state index < -0.39 is 0 Å². The van der Waals surface area contributed by atoms with Crippen LogP contribution in [0.3, 0.4) is 0 Å². The molecule has 5 nitrogen and oxygen atoms in total. The Morgan fingerprint density at radius 3 is 2.88 bits per heavy atom. The number of nitrogens with zero attached hydrogens (tertiary/aromatic N) is 2. The number of likely N-dealkylation sites (tertiary alicyclic amines) is 1. The second-order valence-corrected chi connectivity index (χ2v) is 9.53. The van der Waals surface area contributed by atoms with Gasteiger partial charge in [0.2, 0.25) is 0 Å². The fraction of sp³-hybridized carbons (Fsp3) is 0.607. The fourth-order valence-corrected chi connectivity index (χ4v) is 6.04. The van der Waals surface area contributed by atoms with Crippen LogP contribution in [0.15, 0.2) is 37.1 Å². The third kappa shape index (κ3) is 4.90. The molecule has 1 unspecified atom stereocenters. The Kier molecular flexibility index (Phi) is 7.92. The number of hydrogen-bond donors (Lipinski definition) is 0. The second kappa shape index (κ2) is 10.9. The van der Waals surface area contributed by atoms with E-state index in [0.29, 0.717) is 18.6 Å². The van der Waals surface area contributed by atoms with Crippen LogP contribution < -0.4 is 0 Å². The number of rotatable bonds is 11. The van der Waals surface area contributed by atoms with Crippen LogP contribution >= 0.6 is 0 Å². The van der Waals surface area contributed by atoms with Gasteiger partial charge in [0.25, 0.3) is 0 Å². The van der Waals surface area contributed by atoms with Gasteiger partial charge in [0.05, 0.1) is 18.6 Å². The summed E-state index contributed by atoms with van der Waals surface area (Å²) in [7, 11) is 0. The Hall–Kier alpha value is -2.11. The van der Waals surface area contributed by atoms with Crippen molar-refractivity contribution in [1.29, 1.82) is 0 Å². The topological polar surface area (TPSA) is 43.7 Å². The Balaban J connectivity index is 1.47. The van der Waals surface area contributed by atoms with Crippen LogP contribution in [0.5, 0.6) is 0 Å². The largest absolute Gasteiger partial charge is 0.465 e. The quantitative estimate of drug-likeness (QED) is 0.263. The summed E-state index contributed by atoms with van der Waals surface area (Å²) in [6.07, 6.45) is 9.27. The number of likely N-dealkylation sites (N-methyl/N-ethyl adjacent to an activating group) is 1. The second-order valence-electron chi connectivity index (χ2n) is 9.53. The number of carbonyl (C=O) groups is 1. The van der Waals surface area contributed by atoms with Crippen molar-refractivity contribution >= 4 is 16.9 Å². The molecule has 1 aliphatic carbocycles. The Labute approximate surface area is 198 Å². The molecule has 0 amide bonds. The smallest absolute Gasteiger partial charge is 0.310 e. The minimum absolute atomic E-state index is 0.0291. The molecule has 33 heavy (non-hydrogen) atoms. The average molecular weight is 453 g/mol.